The first-order valence-electron chi connectivity index (χ1n) is 4.07. The van der Waals surface area contributed by atoms with Crippen LogP contribution >= 0.6 is 22.9 Å². The van der Waals surface area contributed by atoms with Crippen LogP contribution in [-0.4, -0.2) is 18.9 Å². The Bertz CT molecular complexity index is 450. The zero-order chi connectivity index (χ0) is 10.4. The summed E-state index contributed by atoms with van der Waals surface area (Å²) in [6, 6.07) is 0. The summed E-state index contributed by atoms with van der Waals surface area (Å²) in [4.78, 5) is 3.70. The molecule has 0 aliphatic heterocycles. The van der Waals surface area contributed by atoms with Gasteiger partial charge in [0, 0.05) is 5.54 Å². The molecule has 1 fully saturated rings. The molecular formula is C7H9ClN2O2S2. The first-order chi connectivity index (χ1) is 6.41. The van der Waals surface area contributed by atoms with Gasteiger partial charge in [0.1, 0.15) is 0 Å². The van der Waals surface area contributed by atoms with E-state index in [0.29, 0.717) is 0 Å². The highest BCUT2D eigenvalue weighted by Gasteiger charge is 2.41. The van der Waals surface area contributed by atoms with Gasteiger partial charge in [-0.2, -0.15) is 0 Å². The minimum atomic E-state index is -3.41. The third-order valence-corrected chi connectivity index (χ3v) is 5.32. The maximum atomic E-state index is 11.7. The summed E-state index contributed by atoms with van der Waals surface area (Å²) in [5, 5.41) is 0. The fourth-order valence-electron chi connectivity index (χ4n) is 1.03. The van der Waals surface area contributed by atoms with Gasteiger partial charge in [-0.15, -0.1) is 0 Å². The van der Waals surface area contributed by atoms with Crippen LogP contribution in [-0.2, 0) is 10.0 Å². The van der Waals surface area contributed by atoms with E-state index in [1.54, 1.807) is 0 Å². The van der Waals surface area contributed by atoms with E-state index < -0.39 is 10.0 Å². The molecule has 78 valence electrons. The summed E-state index contributed by atoms with van der Waals surface area (Å²) < 4.78 is 26.4. The van der Waals surface area contributed by atoms with Gasteiger partial charge in [0.15, 0.2) is 8.68 Å². The van der Waals surface area contributed by atoms with Crippen LogP contribution in [0.25, 0.3) is 0 Å². The van der Waals surface area contributed by atoms with Crippen molar-refractivity contribution in [3.8, 4) is 0 Å². The topological polar surface area (TPSA) is 59.1 Å². The molecule has 1 aromatic heterocycles. The summed E-state index contributed by atoms with van der Waals surface area (Å²) in [7, 11) is -3.41. The zero-order valence-electron chi connectivity index (χ0n) is 7.45. The Morgan fingerprint density at radius 3 is 2.71 bits per heavy atom. The Labute approximate surface area is 91.4 Å². The second-order valence-corrected chi connectivity index (χ2v) is 7.12. The predicted molar refractivity (Wildman–Crippen MR) is 55.1 cm³/mol. The quantitative estimate of drug-likeness (QED) is 0.890. The van der Waals surface area contributed by atoms with E-state index in [9.17, 15) is 8.42 Å². The van der Waals surface area contributed by atoms with E-state index in [-0.39, 0.29) is 14.2 Å². The van der Waals surface area contributed by atoms with Gasteiger partial charge in [0.25, 0.3) is 10.0 Å². The smallest absolute Gasteiger partial charge is 0.232 e. The number of nitrogens with one attached hydrogen (secondary N) is 1. The molecule has 4 nitrogen and oxygen atoms in total. The molecule has 1 N–H and O–H groups in total. The number of aromatic nitrogens is 1. The number of halogens is 1. The number of hydrogen-bond donors (Lipinski definition) is 1. The summed E-state index contributed by atoms with van der Waals surface area (Å²) >= 11 is 6.54. The van der Waals surface area contributed by atoms with E-state index >= 15 is 0 Å². The van der Waals surface area contributed by atoms with Crippen LogP contribution < -0.4 is 4.72 Å². The van der Waals surface area contributed by atoms with Crippen LogP contribution in [0.2, 0.25) is 4.47 Å². The normalized spacial score (nSPS) is 19.6. The Hall–Kier alpha value is -0.170. The van der Waals surface area contributed by atoms with Crippen LogP contribution in [0.4, 0.5) is 0 Å². The van der Waals surface area contributed by atoms with Gasteiger partial charge in [-0.25, -0.2) is 18.1 Å². The standard InChI is InChI=1S/C7H9ClN2O2S2/c1-7(2-3-7)10-14(11,12)5-4-9-6(8)13-5/h4,10H,2-3H2,1H3. The lowest BCUT2D eigenvalue weighted by atomic mass is 10.4. The predicted octanol–water partition coefficient (Wildman–Crippen LogP) is 1.63. The van der Waals surface area contributed by atoms with Crippen molar-refractivity contribution in [1.82, 2.24) is 9.71 Å². The second-order valence-electron chi connectivity index (χ2n) is 3.60. The van der Waals surface area contributed by atoms with Crippen LogP contribution in [0.3, 0.4) is 0 Å². The molecule has 0 unspecified atom stereocenters. The Morgan fingerprint density at radius 1 is 1.64 bits per heavy atom. The number of thiazole rings is 1. The van der Waals surface area contributed by atoms with Gasteiger partial charge in [0.05, 0.1) is 6.20 Å². The number of sulfonamides is 1. The highest BCUT2D eigenvalue weighted by Crippen LogP contribution is 2.36. The average molecular weight is 253 g/mol. The summed E-state index contributed by atoms with van der Waals surface area (Å²) in [5.41, 5.74) is -0.255. The molecule has 0 atom stereocenters. The fraction of sp³-hybridized carbons (Fsp3) is 0.571. The Kier molecular flexibility index (Phi) is 2.34. The number of hydrogen-bond acceptors (Lipinski definition) is 4. The van der Waals surface area contributed by atoms with E-state index in [1.807, 2.05) is 6.92 Å². The van der Waals surface area contributed by atoms with Crippen molar-refractivity contribution in [2.75, 3.05) is 0 Å². The molecule has 1 aromatic rings. The summed E-state index contributed by atoms with van der Waals surface area (Å²) in [6.07, 6.45) is 3.05. The zero-order valence-corrected chi connectivity index (χ0v) is 9.84. The molecule has 0 bridgehead atoms. The van der Waals surface area contributed by atoms with Crippen molar-refractivity contribution in [1.29, 1.82) is 0 Å². The molecule has 2 rings (SSSR count). The van der Waals surface area contributed by atoms with E-state index in [2.05, 4.69) is 9.71 Å². The first-order valence-corrected chi connectivity index (χ1v) is 6.74. The molecule has 0 amide bonds. The van der Waals surface area contributed by atoms with Gasteiger partial charge in [-0.3, -0.25) is 0 Å². The second kappa shape index (κ2) is 3.16. The van der Waals surface area contributed by atoms with E-state index in [0.717, 1.165) is 24.2 Å². The van der Waals surface area contributed by atoms with E-state index in [1.165, 1.54) is 6.20 Å². The van der Waals surface area contributed by atoms with E-state index in [4.69, 9.17) is 11.6 Å². The number of nitrogens with zero attached hydrogens (tertiary/aromatic N) is 1. The highest BCUT2D eigenvalue weighted by atomic mass is 35.5. The molecule has 1 saturated carbocycles. The minimum Gasteiger partial charge on any atom is -0.232 e. The molecule has 0 spiro atoms. The van der Waals surface area contributed by atoms with Crippen molar-refractivity contribution in [2.45, 2.75) is 29.5 Å². The van der Waals surface area contributed by atoms with Crippen molar-refractivity contribution in [3.05, 3.63) is 10.7 Å². The molecule has 1 aliphatic carbocycles. The lowest BCUT2D eigenvalue weighted by molar-refractivity contribution is 0.560. The molecule has 7 heteroatoms. The SMILES string of the molecule is CC1(NS(=O)(=O)c2cnc(Cl)s2)CC1. The molecule has 1 heterocycles. The fourth-order valence-corrected chi connectivity index (χ4v) is 3.79. The third-order valence-electron chi connectivity index (χ3n) is 2.10. The monoisotopic (exact) mass is 252 g/mol. The van der Waals surface area contributed by atoms with Gasteiger partial charge < -0.3 is 0 Å². The number of rotatable bonds is 3. The Morgan fingerprint density at radius 2 is 2.29 bits per heavy atom. The van der Waals surface area contributed by atoms with Crippen molar-refractivity contribution in [2.24, 2.45) is 0 Å². The molecular weight excluding hydrogens is 244 g/mol. The van der Waals surface area contributed by atoms with Crippen molar-refractivity contribution in [3.63, 3.8) is 0 Å². The molecule has 0 radical (unpaired) electrons. The van der Waals surface area contributed by atoms with Crippen LogP contribution in [0.1, 0.15) is 19.8 Å². The lowest BCUT2D eigenvalue weighted by Gasteiger charge is -2.09. The van der Waals surface area contributed by atoms with Crippen molar-refractivity contribution < 1.29 is 8.42 Å². The lowest BCUT2D eigenvalue weighted by Crippen LogP contribution is -2.33. The molecule has 14 heavy (non-hydrogen) atoms. The van der Waals surface area contributed by atoms with Crippen molar-refractivity contribution >= 4 is 33.0 Å². The van der Waals surface area contributed by atoms with Gasteiger partial charge in [-0.1, -0.05) is 22.9 Å². The Balaban J connectivity index is 2.24. The van der Waals surface area contributed by atoms with Gasteiger partial charge in [0.2, 0.25) is 0 Å². The molecule has 1 aliphatic rings. The van der Waals surface area contributed by atoms with Crippen LogP contribution in [0.15, 0.2) is 10.4 Å². The summed E-state index contributed by atoms with van der Waals surface area (Å²) in [5.74, 6) is 0. The maximum absolute atomic E-state index is 11.7. The minimum absolute atomic E-state index is 0.177. The third kappa shape index (κ3) is 2.08. The largest absolute Gasteiger partial charge is 0.252 e. The maximum Gasteiger partial charge on any atom is 0.252 e. The van der Waals surface area contributed by atoms with Crippen LogP contribution in [0, 0.1) is 0 Å². The first kappa shape index (κ1) is 10.4. The average Bonchev–Trinajstić information content (AvgIpc) is 2.61. The van der Waals surface area contributed by atoms with Crippen LogP contribution in [0.5, 0.6) is 0 Å². The highest BCUT2D eigenvalue weighted by molar-refractivity contribution is 7.91. The van der Waals surface area contributed by atoms with Gasteiger partial charge in [-0.05, 0) is 19.8 Å². The summed E-state index contributed by atoms with van der Waals surface area (Å²) in [6.45, 7) is 1.88. The molecule has 0 aromatic carbocycles. The molecule has 0 saturated heterocycles. The van der Waals surface area contributed by atoms with Gasteiger partial charge >= 0.3 is 0 Å².